The highest BCUT2D eigenvalue weighted by molar-refractivity contribution is 5.74. The number of ether oxygens (including phenoxy) is 1. The Bertz CT molecular complexity index is 274. The molecule has 0 aliphatic heterocycles. The van der Waals surface area contributed by atoms with Gasteiger partial charge in [-0.25, -0.2) is 9.59 Å². The van der Waals surface area contributed by atoms with Crippen LogP contribution in [0.2, 0.25) is 0 Å². The fourth-order valence-electron chi connectivity index (χ4n) is 1.57. The average Bonchev–Trinajstić information content (AvgIpc) is 2.45. The van der Waals surface area contributed by atoms with Gasteiger partial charge in [-0.2, -0.15) is 0 Å². The first-order valence-corrected chi connectivity index (χ1v) is 7.68. The van der Waals surface area contributed by atoms with E-state index >= 15 is 0 Å². The fraction of sp³-hybridized carbons (Fsp3) is 0.857. The molecule has 124 valence electrons. The minimum Gasteiger partial charge on any atom is -0.372 e. The van der Waals surface area contributed by atoms with Gasteiger partial charge in [-0.3, -0.25) is 0 Å². The molecule has 0 bridgehead atoms. The Kier molecular flexibility index (Phi) is 11.4. The molecule has 0 unspecified atom stereocenters. The molecule has 0 aromatic carbocycles. The number of amides is 4. The van der Waals surface area contributed by atoms with E-state index in [-0.39, 0.29) is 24.3 Å². The van der Waals surface area contributed by atoms with Gasteiger partial charge in [-0.15, -0.1) is 0 Å². The highest BCUT2D eigenvalue weighted by atomic mass is 16.5. The molecule has 0 spiro atoms. The second kappa shape index (κ2) is 12.3. The first-order chi connectivity index (χ1) is 9.99. The van der Waals surface area contributed by atoms with E-state index in [1.54, 1.807) is 0 Å². The Morgan fingerprint density at radius 2 is 1.29 bits per heavy atom. The molecule has 4 N–H and O–H groups in total. The summed E-state index contributed by atoms with van der Waals surface area (Å²) in [7, 11) is 0. The number of carbonyl (C=O) groups excluding carboxylic acids is 2. The summed E-state index contributed by atoms with van der Waals surface area (Å²) in [6.45, 7) is 9.79. The van der Waals surface area contributed by atoms with Crippen molar-refractivity contribution in [2.75, 3.05) is 26.2 Å². The third kappa shape index (κ3) is 12.0. The van der Waals surface area contributed by atoms with Crippen molar-refractivity contribution in [2.24, 2.45) is 0 Å². The van der Waals surface area contributed by atoms with E-state index in [4.69, 9.17) is 4.74 Å². The summed E-state index contributed by atoms with van der Waals surface area (Å²) in [5.41, 5.74) is 0. The first-order valence-electron chi connectivity index (χ1n) is 7.68. The van der Waals surface area contributed by atoms with E-state index in [0.717, 1.165) is 12.8 Å². The maximum absolute atomic E-state index is 11.5. The molecule has 0 rings (SSSR count). The molecule has 7 heteroatoms. The lowest BCUT2D eigenvalue weighted by Gasteiger charge is -2.21. The molecule has 0 fully saturated rings. The predicted molar refractivity (Wildman–Crippen MR) is 83.4 cm³/mol. The predicted octanol–water partition coefficient (Wildman–Crippen LogP) is 1.20. The molecule has 0 aromatic rings. The second-order valence-corrected chi connectivity index (χ2v) is 5.08. The lowest BCUT2D eigenvalue weighted by atomic mass is 10.3. The number of nitrogens with one attached hydrogen (secondary N) is 4. The summed E-state index contributed by atoms with van der Waals surface area (Å²) in [5, 5.41) is 10.9. The molecule has 0 aliphatic rings. The SMILES string of the molecule is CCCNC(=O)NCC(CNC(=O)NCCC)OC(C)C. The van der Waals surface area contributed by atoms with Gasteiger partial charge >= 0.3 is 12.1 Å². The van der Waals surface area contributed by atoms with Crippen molar-refractivity contribution < 1.29 is 14.3 Å². The summed E-state index contributed by atoms with van der Waals surface area (Å²) < 4.78 is 5.68. The van der Waals surface area contributed by atoms with Gasteiger partial charge in [0, 0.05) is 26.2 Å². The zero-order valence-electron chi connectivity index (χ0n) is 13.6. The van der Waals surface area contributed by atoms with E-state index < -0.39 is 0 Å². The third-order valence-electron chi connectivity index (χ3n) is 2.52. The molecule has 0 aliphatic carbocycles. The average molecular weight is 302 g/mol. The zero-order chi connectivity index (χ0) is 16.1. The van der Waals surface area contributed by atoms with Gasteiger partial charge in [0.2, 0.25) is 0 Å². The monoisotopic (exact) mass is 302 g/mol. The summed E-state index contributed by atoms with van der Waals surface area (Å²) in [6, 6.07) is -0.436. The van der Waals surface area contributed by atoms with Gasteiger partial charge < -0.3 is 26.0 Å². The van der Waals surface area contributed by atoms with Crippen LogP contribution in [0.3, 0.4) is 0 Å². The summed E-state index contributed by atoms with van der Waals surface area (Å²) in [6.07, 6.45) is 1.54. The Morgan fingerprint density at radius 3 is 1.62 bits per heavy atom. The van der Waals surface area contributed by atoms with Gasteiger partial charge in [-0.05, 0) is 26.7 Å². The van der Waals surface area contributed by atoms with Crippen LogP contribution < -0.4 is 21.3 Å². The normalized spacial score (nSPS) is 10.6. The minimum absolute atomic E-state index is 0.0241. The van der Waals surface area contributed by atoms with E-state index in [9.17, 15) is 9.59 Å². The highest BCUT2D eigenvalue weighted by Crippen LogP contribution is 1.96. The topological polar surface area (TPSA) is 91.5 Å². The molecule has 0 radical (unpaired) electrons. The standard InChI is InChI=1S/C14H30N4O3/c1-5-7-15-13(19)17-9-12(21-11(3)4)10-18-14(20)16-8-6-2/h11-12H,5-10H2,1-4H3,(H2,15,17,19)(H2,16,18,20). The van der Waals surface area contributed by atoms with Crippen LogP contribution in [0.4, 0.5) is 9.59 Å². The number of hydrogen-bond acceptors (Lipinski definition) is 3. The Morgan fingerprint density at radius 1 is 0.857 bits per heavy atom. The largest absolute Gasteiger partial charge is 0.372 e. The number of hydrogen-bond donors (Lipinski definition) is 4. The molecular weight excluding hydrogens is 272 g/mol. The number of urea groups is 2. The van der Waals surface area contributed by atoms with Crippen LogP contribution in [0, 0.1) is 0 Å². The van der Waals surface area contributed by atoms with E-state index in [0.29, 0.717) is 26.2 Å². The fourth-order valence-corrected chi connectivity index (χ4v) is 1.57. The summed E-state index contributed by atoms with van der Waals surface area (Å²) in [5.74, 6) is 0. The summed E-state index contributed by atoms with van der Waals surface area (Å²) >= 11 is 0. The molecule has 7 nitrogen and oxygen atoms in total. The zero-order valence-corrected chi connectivity index (χ0v) is 13.6. The van der Waals surface area contributed by atoms with Crippen molar-refractivity contribution in [2.45, 2.75) is 52.7 Å². The lowest BCUT2D eigenvalue weighted by molar-refractivity contribution is 0.0119. The molecule has 4 amide bonds. The minimum atomic E-state index is -0.259. The number of carbonyl (C=O) groups is 2. The van der Waals surface area contributed by atoms with Crippen molar-refractivity contribution in [1.82, 2.24) is 21.3 Å². The summed E-state index contributed by atoms with van der Waals surface area (Å²) in [4.78, 5) is 23.0. The lowest BCUT2D eigenvalue weighted by Crippen LogP contribution is -2.47. The maximum atomic E-state index is 11.5. The van der Waals surface area contributed by atoms with Crippen LogP contribution in [-0.4, -0.2) is 50.4 Å². The van der Waals surface area contributed by atoms with E-state index in [1.807, 2.05) is 27.7 Å². The third-order valence-corrected chi connectivity index (χ3v) is 2.52. The van der Waals surface area contributed by atoms with Crippen LogP contribution in [0.1, 0.15) is 40.5 Å². The van der Waals surface area contributed by atoms with Gasteiger partial charge in [0.25, 0.3) is 0 Å². The second-order valence-electron chi connectivity index (χ2n) is 5.08. The van der Waals surface area contributed by atoms with E-state index in [2.05, 4.69) is 21.3 Å². The van der Waals surface area contributed by atoms with Crippen LogP contribution in [0.5, 0.6) is 0 Å². The van der Waals surface area contributed by atoms with Crippen molar-refractivity contribution in [3.8, 4) is 0 Å². The van der Waals surface area contributed by atoms with Gasteiger partial charge in [0.05, 0.1) is 12.2 Å². The Hall–Kier alpha value is -1.50. The molecule has 21 heavy (non-hydrogen) atoms. The molecule has 0 saturated carbocycles. The first kappa shape index (κ1) is 19.5. The van der Waals surface area contributed by atoms with E-state index in [1.165, 1.54) is 0 Å². The van der Waals surface area contributed by atoms with Gasteiger partial charge in [0.15, 0.2) is 0 Å². The molecule has 0 saturated heterocycles. The highest BCUT2D eigenvalue weighted by Gasteiger charge is 2.14. The molecule has 0 atom stereocenters. The Labute approximate surface area is 127 Å². The van der Waals surface area contributed by atoms with Gasteiger partial charge in [-0.1, -0.05) is 13.8 Å². The smallest absolute Gasteiger partial charge is 0.314 e. The molecule has 0 heterocycles. The van der Waals surface area contributed by atoms with Crippen LogP contribution in [0.15, 0.2) is 0 Å². The maximum Gasteiger partial charge on any atom is 0.314 e. The quantitative estimate of drug-likeness (QED) is 0.488. The Balaban J connectivity index is 4.07. The molecular formula is C14H30N4O3. The van der Waals surface area contributed by atoms with Crippen LogP contribution in [0.25, 0.3) is 0 Å². The number of rotatable bonds is 10. The van der Waals surface area contributed by atoms with Crippen LogP contribution >= 0.6 is 0 Å². The van der Waals surface area contributed by atoms with Crippen molar-refractivity contribution in [1.29, 1.82) is 0 Å². The van der Waals surface area contributed by atoms with Crippen molar-refractivity contribution >= 4 is 12.1 Å². The van der Waals surface area contributed by atoms with Crippen LogP contribution in [-0.2, 0) is 4.74 Å². The molecule has 0 aromatic heterocycles. The van der Waals surface area contributed by atoms with Gasteiger partial charge in [0.1, 0.15) is 0 Å². The van der Waals surface area contributed by atoms with Crippen molar-refractivity contribution in [3.63, 3.8) is 0 Å². The van der Waals surface area contributed by atoms with Crippen molar-refractivity contribution in [3.05, 3.63) is 0 Å².